The van der Waals surface area contributed by atoms with E-state index in [0.29, 0.717) is 28.9 Å². The number of ether oxygens (including phenoxy) is 1. The summed E-state index contributed by atoms with van der Waals surface area (Å²) in [5.41, 5.74) is 0.627. The zero-order valence-electron chi connectivity index (χ0n) is 12.1. The Kier molecular flexibility index (Phi) is 5.27. The van der Waals surface area contributed by atoms with Gasteiger partial charge in [-0.15, -0.1) is 11.3 Å². The Balaban J connectivity index is 2.51. The van der Waals surface area contributed by atoms with Gasteiger partial charge in [0.1, 0.15) is 10.7 Å². The van der Waals surface area contributed by atoms with Gasteiger partial charge in [-0.25, -0.2) is 9.18 Å². The molecule has 21 heavy (non-hydrogen) atoms. The van der Waals surface area contributed by atoms with Gasteiger partial charge in [0.15, 0.2) is 0 Å². The Morgan fingerprint density at radius 3 is 2.90 bits per heavy atom. The highest BCUT2D eigenvalue weighted by Crippen LogP contribution is 2.34. The molecule has 114 valence electrons. The van der Waals surface area contributed by atoms with Crippen molar-refractivity contribution in [3.63, 3.8) is 0 Å². The van der Waals surface area contributed by atoms with Crippen LogP contribution in [0.4, 0.5) is 4.39 Å². The number of thiophene rings is 1. The number of likely N-dealkylation sites (N-methyl/N-ethyl adjacent to an activating group) is 1. The molecule has 1 heterocycles. The van der Waals surface area contributed by atoms with Crippen LogP contribution in [0.1, 0.15) is 22.2 Å². The molecule has 0 amide bonds. The number of hydrogen-bond acceptors (Lipinski definition) is 5. The van der Waals surface area contributed by atoms with Crippen LogP contribution in [0.2, 0.25) is 0 Å². The maximum Gasteiger partial charge on any atom is 0.348 e. The number of hydrogen-bond donors (Lipinski definition) is 1. The van der Waals surface area contributed by atoms with Crippen molar-refractivity contribution in [2.24, 2.45) is 0 Å². The Morgan fingerprint density at radius 2 is 2.24 bits per heavy atom. The first kappa shape index (κ1) is 15.9. The normalized spacial score (nSPS) is 11.3. The number of nitrogens with zero attached hydrogens (tertiary/aromatic N) is 1. The van der Waals surface area contributed by atoms with Crippen LogP contribution in [0.5, 0.6) is 0 Å². The summed E-state index contributed by atoms with van der Waals surface area (Å²) >= 11 is 1.24. The molecule has 0 bridgehead atoms. The van der Waals surface area contributed by atoms with Gasteiger partial charge in [0, 0.05) is 28.7 Å². The molecule has 0 radical (unpaired) electrons. The molecule has 0 atom stereocenters. The number of aliphatic hydroxyl groups excluding tert-OH is 1. The molecule has 6 heteroatoms. The van der Waals surface area contributed by atoms with Crippen LogP contribution in [-0.2, 0) is 11.3 Å². The van der Waals surface area contributed by atoms with Gasteiger partial charge in [0.05, 0.1) is 13.2 Å². The van der Waals surface area contributed by atoms with Crippen molar-refractivity contribution in [3.8, 4) is 0 Å². The first-order valence-corrected chi connectivity index (χ1v) is 7.56. The number of aliphatic hydroxyl groups is 1. The molecule has 4 nitrogen and oxygen atoms in total. The second-order valence-corrected chi connectivity index (χ2v) is 5.76. The molecule has 0 spiro atoms. The average molecular weight is 311 g/mol. The van der Waals surface area contributed by atoms with Gasteiger partial charge in [-0.2, -0.15) is 0 Å². The lowest BCUT2D eigenvalue weighted by atomic mass is 10.1. The third-order valence-electron chi connectivity index (χ3n) is 3.13. The summed E-state index contributed by atoms with van der Waals surface area (Å²) in [5.74, 6) is -0.766. The summed E-state index contributed by atoms with van der Waals surface area (Å²) in [5, 5.41) is 9.46. The largest absolute Gasteiger partial charge is 0.462 e. The van der Waals surface area contributed by atoms with Crippen LogP contribution in [0.3, 0.4) is 0 Å². The summed E-state index contributed by atoms with van der Waals surface area (Å²) in [6.07, 6.45) is 0. The van der Waals surface area contributed by atoms with Crippen molar-refractivity contribution in [2.45, 2.75) is 13.5 Å². The van der Waals surface area contributed by atoms with Crippen molar-refractivity contribution in [3.05, 3.63) is 34.5 Å². The van der Waals surface area contributed by atoms with E-state index in [4.69, 9.17) is 9.84 Å². The Morgan fingerprint density at radius 1 is 1.48 bits per heavy atom. The molecule has 0 saturated heterocycles. The van der Waals surface area contributed by atoms with E-state index in [1.807, 2.05) is 11.9 Å². The fraction of sp³-hybridized carbons (Fsp3) is 0.400. The number of carbonyl (C=O) groups is 1. The van der Waals surface area contributed by atoms with E-state index in [2.05, 4.69) is 0 Å². The van der Waals surface area contributed by atoms with E-state index >= 15 is 0 Å². The van der Waals surface area contributed by atoms with Crippen LogP contribution in [-0.4, -0.2) is 42.8 Å². The SMILES string of the molecule is CCOC(=O)c1sc2cccc(F)c2c1CN(C)CCO. The second-order valence-electron chi connectivity index (χ2n) is 4.70. The minimum Gasteiger partial charge on any atom is -0.462 e. The van der Waals surface area contributed by atoms with Crippen LogP contribution in [0, 0.1) is 5.82 Å². The van der Waals surface area contributed by atoms with Gasteiger partial charge in [-0.1, -0.05) is 6.07 Å². The van der Waals surface area contributed by atoms with Gasteiger partial charge < -0.3 is 9.84 Å². The van der Waals surface area contributed by atoms with Crippen LogP contribution in [0.15, 0.2) is 18.2 Å². The minimum absolute atomic E-state index is 0.00971. The first-order valence-electron chi connectivity index (χ1n) is 6.74. The number of rotatable bonds is 6. The molecule has 1 N–H and O–H groups in total. The minimum atomic E-state index is -0.425. The predicted molar refractivity (Wildman–Crippen MR) is 81.2 cm³/mol. The van der Waals surface area contributed by atoms with Crippen LogP contribution < -0.4 is 0 Å². The molecule has 0 saturated carbocycles. The molecule has 0 aliphatic carbocycles. The summed E-state index contributed by atoms with van der Waals surface area (Å²) in [6.45, 7) is 2.87. The number of carbonyl (C=O) groups excluding carboxylic acids is 1. The van der Waals surface area contributed by atoms with Crippen molar-refractivity contribution in [1.29, 1.82) is 0 Å². The predicted octanol–water partition coefficient (Wildman–Crippen LogP) is 2.64. The monoisotopic (exact) mass is 311 g/mol. The Bertz CT molecular complexity index is 641. The lowest BCUT2D eigenvalue weighted by molar-refractivity contribution is 0.0530. The van der Waals surface area contributed by atoms with Crippen molar-refractivity contribution < 1.29 is 19.0 Å². The van der Waals surface area contributed by atoms with Gasteiger partial charge in [0.25, 0.3) is 0 Å². The number of halogens is 1. The molecule has 0 aliphatic heterocycles. The van der Waals surface area contributed by atoms with E-state index in [1.165, 1.54) is 17.4 Å². The lowest BCUT2D eigenvalue weighted by Gasteiger charge is -2.15. The van der Waals surface area contributed by atoms with Crippen LogP contribution >= 0.6 is 11.3 Å². The molecule has 2 aromatic rings. The Hall–Kier alpha value is -1.50. The fourth-order valence-corrected chi connectivity index (χ4v) is 3.32. The summed E-state index contributed by atoms with van der Waals surface area (Å²) < 4.78 is 19.9. The van der Waals surface area contributed by atoms with E-state index in [1.54, 1.807) is 19.1 Å². The van der Waals surface area contributed by atoms with Gasteiger partial charge in [-0.05, 0) is 26.1 Å². The zero-order chi connectivity index (χ0) is 15.4. The molecule has 1 aromatic carbocycles. The Labute approximate surface area is 126 Å². The van der Waals surface area contributed by atoms with Crippen molar-refractivity contribution in [2.75, 3.05) is 26.8 Å². The summed E-state index contributed by atoms with van der Waals surface area (Å²) in [6, 6.07) is 4.81. The first-order chi connectivity index (χ1) is 10.1. The van der Waals surface area contributed by atoms with E-state index in [9.17, 15) is 9.18 Å². The lowest BCUT2D eigenvalue weighted by Crippen LogP contribution is -2.22. The quantitative estimate of drug-likeness (QED) is 0.833. The fourth-order valence-electron chi connectivity index (χ4n) is 2.20. The third kappa shape index (κ3) is 3.40. The van der Waals surface area contributed by atoms with E-state index in [-0.39, 0.29) is 19.0 Å². The number of esters is 1. The highest BCUT2D eigenvalue weighted by molar-refractivity contribution is 7.21. The van der Waals surface area contributed by atoms with Crippen molar-refractivity contribution in [1.82, 2.24) is 4.90 Å². The maximum atomic E-state index is 14.1. The van der Waals surface area contributed by atoms with Crippen molar-refractivity contribution >= 4 is 27.4 Å². The molecular weight excluding hydrogens is 293 g/mol. The summed E-state index contributed by atoms with van der Waals surface area (Å²) in [7, 11) is 1.81. The van der Waals surface area contributed by atoms with E-state index < -0.39 is 5.97 Å². The number of benzene rings is 1. The van der Waals surface area contributed by atoms with Crippen LogP contribution in [0.25, 0.3) is 10.1 Å². The summed E-state index contributed by atoms with van der Waals surface area (Å²) in [4.78, 5) is 14.4. The highest BCUT2D eigenvalue weighted by Gasteiger charge is 2.22. The average Bonchev–Trinajstić information content (AvgIpc) is 2.79. The van der Waals surface area contributed by atoms with Gasteiger partial charge in [0.2, 0.25) is 0 Å². The zero-order valence-corrected chi connectivity index (χ0v) is 12.9. The maximum absolute atomic E-state index is 14.1. The van der Waals surface area contributed by atoms with Gasteiger partial charge >= 0.3 is 5.97 Å². The molecule has 0 fully saturated rings. The standard InChI is InChI=1S/C15H18FNO3S/c1-3-20-15(19)14-10(9-17(2)7-8-18)13-11(16)5-4-6-12(13)21-14/h4-6,18H,3,7-9H2,1-2H3. The topological polar surface area (TPSA) is 49.8 Å². The molecule has 2 rings (SSSR count). The molecule has 1 aromatic heterocycles. The highest BCUT2D eigenvalue weighted by atomic mass is 32.1. The second kappa shape index (κ2) is 6.98. The van der Waals surface area contributed by atoms with E-state index in [0.717, 1.165) is 4.70 Å². The van der Waals surface area contributed by atoms with Gasteiger partial charge in [-0.3, -0.25) is 4.90 Å². The molecule has 0 aliphatic rings. The molecular formula is C15H18FNO3S. The molecule has 0 unspecified atom stereocenters. The smallest absolute Gasteiger partial charge is 0.348 e. The third-order valence-corrected chi connectivity index (χ3v) is 4.31. The number of fused-ring (bicyclic) bond motifs is 1.